The number of benzene rings is 2. The molecule has 128 valence electrons. The first-order valence-corrected chi connectivity index (χ1v) is 8.39. The predicted octanol–water partition coefficient (Wildman–Crippen LogP) is 5.33. The van der Waals surface area contributed by atoms with E-state index in [0.29, 0.717) is 5.02 Å². The van der Waals surface area contributed by atoms with Crippen molar-refractivity contribution < 1.29 is 9.90 Å². The predicted molar refractivity (Wildman–Crippen MR) is 105 cm³/mol. The van der Waals surface area contributed by atoms with Crippen molar-refractivity contribution in [1.82, 2.24) is 4.98 Å². The summed E-state index contributed by atoms with van der Waals surface area (Å²) in [5.41, 5.74) is 3.52. The summed E-state index contributed by atoms with van der Waals surface area (Å²) in [6, 6.07) is 20.6. The Balaban J connectivity index is 2.14. The Bertz CT molecular complexity index is 946. The number of nitrogens with zero attached hydrogens (tertiary/aromatic N) is 1. The smallest absolute Gasteiger partial charge is 0.335 e. The number of carbonyl (C=O) groups is 1. The van der Waals surface area contributed by atoms with Crippen LogP contribution in [0.3, 0.4) is 0 Å². The van der Waals surface area contributed by atoms with Gasteiger partial charge in [0.15, 0.2) is 0 Å². The number of carboxylic acids is 1. The van der Waals surface area contributed by atoms with Crippen molar-refractivity contribution in [1.29, 1.82) is 0 Å². The van der Waals surface area contributed by atoms with Crippen molar-refractivity contribution in [2.45, 2.75) is 0 Å². The molecular formula is C22H16ClNO2. The largest absolute Gasteiger partial charge is 0.478 e. The minimum absolute atomic E-state index is 0.173. The first-order valence-electron chi connectivity index (χ1n) is 8.01. The molecule has 0 spiro atoms. The second-order valence-corrected chi connectivity index (χ2v) is 6.06. The molecule has 0 aliphatic heterocycles. The lowest BCUT2D eigenvalue weighted by Crippen LogP contribution is -2.00. The highest BCUT2D eigenvalue weighted by molar-refractivity contribution is 6.30. The van der Waals surface area contributed by atoms with Crippen LogP contribution in [0.4, 0.5) is 0 Å². The van der Waals surface area contributed by atoms with Gasteiger partial charge in [-0.25, -0.2) is 4.79 Å². The summed E-state index contributed by atoms with van der Waals surface area (Å²) >= 11 is 5.99. The Morgan fingerprint density at radius 2 is 1.62 bits per heavy atom. The van der Waals surface area contributed by atoms with Gasteiger partial charge in [-0.15, -0.1) is 0 Å². The van der Waals surface area contributed by atoms with Crippen LogP contribution in [0.1, 0.15) is 16.7 Å². The monoisotopic (exact) mass is 361 g/mol. The number of aromatic nitrogens is 1. The second-order valence-electron chi connectivity index (χ2n) is 5.62. The first kappa shape index (κ1) is 17.6. The zero-order valence-electron chi connectivity index (χ0n) is 13.8. The van der Waals surface area contributed by atoms with E-state index in [1.807, 2.05) is 48.5 Å². The molecule has 3 nitrogen and oxygen atoms in total. The molecule has 1 N–H and O–H groups in total. The standard InChI is InChI=1S/C22H16ClNO2/c23-20-10-8-18(9-11-20)21(17-6-2-1-3-7-17)14-19(22(25)26)13-16-5-4-12-24-15-16/h1-15H,(H,25,26)/b19-13-,21-14+. The van der Waals surface area contributed by atoms with E-state index in [2.05, 4.69) is 4.98 Å². The summed E-state index contributed by atoms with van der Waals surface area (Å²) in [5, 5.41) is 10.3. The normalized spacial score (nSPS) is 12.0. The molecule has 1 aromatic heterocycles. The van der Waals surface area contributed by atoms with Gasteiger partial charge in [0.2, 0.25) is 0 Å². The molecule has 3 aromatic rings. The third-order valence-corrected chi connectivity index (χ3v) is 4.05. The van der Waals surface area contributed by atoms with E-state index in [-0.39, 0.29) is 5.57 Å². The number of rotatable bonds is 5. The van der Waals surface area contributed by atoms with Crippen LogP contribution in [-0.4, -0.2) is 16.1 Å². The molecule has 2 aromatic carbocycles. The molecule has 0 bridgehead atoms. The molecule has 0 atom stereocenters. The number of hydrogen-bond donors (Lipinski definition) is 1. The zero-order chi connectivity index (χ0) is 18.4. The molecular weight excluding hydrogens is 346 g/mol. The highest BCUT2D eigenvalue weighted by Crippen LogP contribution is 2.27. The topological polar surface area (TPSA) is 50.2 Å². The van der Waals surface area contributed by atoms with Crippen LogP contribution in [0.2, 0.25) is 5.02 Å². The molecule has 3 rings (SSSR count). The third-order valence-electron chi connectivity index (χ3n) is 3.79. The SMILES string of the molecule is O=C(O)C(=C\c1cccnc1)/C=C(\c1ccccc1)c1ccc(Cl)cc1. The van der Waals surface area contributed by atoms with E-state index < -0.39 is 5.97 Å². The molecule has 0 amide bonds. The maximum Gasteiger partial charge on any atom is 0.335 e. The van der Waals surface area contributed by atoms with Crippen LogP contribution in [0.5, 0.6) is 0 Å². The van der Waals surface area contributed by atoms with E-state index >= 15 is 0 Å². The maximum absolute atomic E-state index is 11.8. The summed E-state index contributed by atoms with van der Waals surface area (Å²) in [6.45, 7) is 0. The number of aliphatic carboxylic acids is 1. The summed E-state index contributed by atoms with van der Waals surface area (Å²) in [5.74, 6) is -1.00. The first-order chi connectivity index (χ1) is 12.6. The highest BCUT2D eigenvalue weighted by atomic mass is 35.5. The van der Waals surface area contributed by atoms with E-state index in [4.69, 9.17) is 11.6 Å². The van der Waals surface area contributed by atoms with Crippen LogP contribution in [0.15, 0.2) is 90.8 Å². The molecule has 0 fully saturated rings. The molecule has 0 aliphatic rings. The van der Waals surface area contributed by atoms with E-state index in [1.165, 1.54) is 0 Å². The van der Waals surface area contributed by atoms with Gasteiger partial charge >= 0.3 is 5.97 Å². The summed E-state index contributed by atoms with van der Waals surface area (Å²) in [7, 11) is 0. The van der Waals surface area contributed by atoms with Gasteiger partial charge in [0.05, 0.1) is 5.57 Å². The van der Waals surface area contributed by atoms with Crippen molar-refractivity contribution >= 4 is 29.2 Å². The molecule has 0 saturated carbocycles. The number of halogens is 1. The fourth-order valence-corrected chi connectivity index (χ4v) is 2.67. The molecule has 0 aliphatic carbocycles. The lowest BCUT2D eigenvalue weighted by atomic mass is 9.95. The lowest BCUT2D eigenvalue weighted by molar-refractivity contribution is -0.132. The van der Waals surface area contributed by atoms with Crippen molar-refractivity contribution in [3.63, 3.8) is 0 Å². The van der Waals surface area contributed by atoms with Crippen molar-refractivity contribution in [3.8, 4) is 0 Å². The Kier molecular flexibility index (Phi) is 5.62. The molecule has 0 radical (unpaired) electrons. The molecule has 4 heteroatoms. The zero-order valence-corrected chi connectivity index (χ0v) is 14.6. The summed E-state index contributed by atoms with van der Waals surface area (Å²) in [4.78, 5) is 15.8. The van der Waals surface area contributed by atoms with Gasteiger partial charge in [0, 0.05) is 17.4 Å². The van der Waals surface area contributed by atoms with Crippen LogP contribution >= 0.6 is 11.6 Å². The number of hydrogen-bond acceptors (Lipinski definition) is 2. The Hall–Kier alpha value is -3.17. The van der Waals surface area contributed by atoms with Crippen LogP contribution < -0.4 is 0 Å². The van der Waals surface area contributed by atoms with E-state index in [0.717, 1.165) is 22.3 Å². The summed E-state index contributed by atoms with van der Waals surface area (Å²) < 4.78 is 0. The average Bonchev–Trinajstić information content (AvgIpc) is 2.67. The van der Waals surface area contributed by atoms with Crippen LogP contribution in [-0.2, 0) is 4.79 Å². The molecule has 0 saturated heterocycles. The Morgan fingerprint density at radius 1 is 0.923 bits per heavy atom. The van der Waals surface area contributed by atoms with Gasteiger partial charge in [0.1, 0.15) is 0 Å². The van der Waals surface area contributed by atoms with Crippen LogP contribution in [0.25, 0.3) is 11.6 Å². The fraction of sp³-hybridized carbons (Fsp3) is 0. The third kappa shape index (κ3) is 4.47. The lowest BCUT2D eigenvalue weighted by Gasteiger charge is -2.10. The van der Waals surface area contributed by atoms with E-state index in [1.54, 1.807) is 42.7 Å². The number of pyridine rings is 1. The number of carboxylic acid groups (broad SMARTS) is 1. The van der Waals surface area contributed by atoms with Gasteiger partial charge in [-0.3, -0.25) is 4.98 Å². The quantitative estimate of drug-likeness (QED) is 0.493. The summed E-state index contributed by atoms with van der Waals surface area (Å²) in [6.07, 6.45) is 6.56. The maximum atomic E-state index is 11.8. The minimum atomic E-state index is -1.00. The second kappa shape index (κ2) is 8.28. The molecule has 0 unspecified atom stereocenters. The minimum Gasteiger partial charge on any atom is -0.478 e. The fourth-order valence-electron chi connectivity index (χ4n) is 2.54. The van der Waals surface area contributed by atoms with Crippen LogP contribution in [0, 0.1) is 0 Å². The Morgan fingerprint density at radius 3 is 2.23 bits per heavy atom. The van der Waals surface area contributed by atoms with Gasteiger partial charge in [-0.2, -0.15) is 0 Å². The van der Waals surface area contributed by atoms with E-state index in [9.17, 15) is 9.90 Å². The highest BCUT2D eigenvalue weighted by Gasteiger charge is 2.10. The molecule has 1 heterocycles. The Labute approximate surface area is 156 Å². The average molecular weight is 362 g/mol. The molecule has 26 heavy (non-hydrogen) atoms. The van der Waals surface area contributed by atoms with Gasteiger partial charge in [-0.05, 0) is 52.6 Å². The van der Waals surface area contributed by atoms with Gasteiger partial charge < -0.3 is 5.11 Å². The van der Waals surface area contributed by atoms with Crippen molar-refractivity contribution in [3.05, 3.63) is 112 Å². The van der Waals surface area contributed by atoms with Crippen molar-refractivity contribution in [2.24, 2.45) is 0 Å². The van der Waals surface area contributed by atoms with Gasteiger partial charge in [-0.1, -0.05) is 60.1 Å². The van der Waals surface area contributed by atoms with Crippen molar-refractivity contribution in [2.75, 3.05) is 0 Å². The van der Waals surface area contributed by atoms with Gasteiger partial charge in [0.25, 0.3) is 0 Å².